The Morgan fingerprint density at radius 1 is 1.38 bits per heavy atom. The van der Waals surface area contributed by atoms with E-state index in [0.717, 1.165) is 5.56 Å². The van der Waals surface area contributed by atoms with Crippen LogP contribution in [-0.2, 0) is 22.0 Å². The molecule has 0 spiro atoms. The molecule has 21 heavy (non-hydrogen) atoms. The van der Waals surface area contributed by atoms with Crippen molar-refractivity contribution in [1.82, 2.24) is 19.9 Å². The van der Waals surface area contributed by atoms with Gasteiger partial charge in [0.15, 0.2) is 0 Å². The van der Waals surface area contributed by atoms with E-state index >= 15 is 0 Å². The van der Waals surface area contributed by atoms with Crippen LogP contribution in [0.3, 0.4) is 0 Å². The lowest BCUT2D eigenvalue weighted by atomic mass is 9.82. The summed E-state index contributed by atoms with van der Waals surface area (Å²) >= 11 is 0. The van der Waals surface area contributed by atoms with Gasteiger partial charge in [-0.05, 0) is 19.8 Å². The van der Waals surface area contributed by atoms with E-state index in [1.165, 1.54) is 0 Å². The molecule has 0 fully saturated rings. The summed E-state index contributed by atoms with van der Waals surface area (Å²) in [5.41, 5.74) is -0.138. The molecule has 0 aromatic carbocycles. The Kier molecular flexibility index (Phi) is 4.40. The molecule has 2 aromatic rings. The first-order valence-electron chi connectivity index (χ1n) is 7.07. The minimum absolute atomic E-state index is 0.296. The first-order valence-corrected chi connectivity index (χ1v) is 7.07. The first kappa shape index (κ1) is 15.2. The lowest BCUT2D eigenvalue weighted by Crippen LogP contribution is -2.36. The van der Waals surface area contributed by atoms with Crippen LogP contribution in [0.15, 0.2) is 16.9 Å². The summed E-state index contributed by atoms with van der Waals surface area (Å²) in [6, 6.07) is 0. The van der Waals surface area contributed by atoms with Crippen LogP contribution in [-0.4, -0.2) is 32.5 Å². The van der Waals surface area contributed by atoms with Crippen molar-refractivity contribution in [2.75, 3.05) is 6.61 Å². The Balaban J connectivity index is 2.38. The molecule has 2 rings (SSSR count). The number of hydrogen-bond donors (Lipinski definition) is 0. The number of aryl methyl sites for hydroxylation is 1. The van der Waals surface area contributed by atoms with Gasteiger partial charge in [-0.15, -0.1) is 0 Å². The second-order valence-electron chi connectivity index (χ2n) is 4.84. The van der Waals surface area contributed by atoms with E-state index < -0.39 is 5.41 Å². The Labute approximate surface area is 123 Å². The van der Waals surface area contributed by atoms with Gasteiger partial charge in [-0.1, -0.05) is 19.0 Å². The Hall–Kier alpha value is -2.18. The minimum atomic E-state index is -0.885. The fourth-order valence-corrected chi connectivity index (χ4v) is 2.27. The molecule has 2 aromatic heterocycles. The summed E-state index contributed by atoms with van der Waals surface area (Å²) in [7, 11) is 1.81. The Bertz CT molecular complexity index is 613. The third-order valence-corrected chi connectivity index (χ3v) is 3.67. The molecular weight excluding hydrogens is 272 g/mol. The highest BCUT2D eigenvalue weighted by Gasteiger charge is 2.44. The smallest absolute Gasteiger partial charge is 0.321 e. The molecule has 114 valence electrons. The maximum absolute atomic E-state index is 12.3. The van der Waals surface area contributed by atoms with Crippen molar-refractivity contribution in [3.05, 3.63) is 18.3 Å². The van der Waals surface area contributed by atoms with Gasteiger partial charge in [0.25, 0.3) is 0 Å². The number of aromatic nitrogens is 4. The van der Waals surface area contributed by atoms with E-state index in [-0.39, 0.29) is 5.97 Å². The zero-order chi connectivity index (χ0) is 15.5. The van der Waals surface area contributed by atoms with Gasteiger partial charge in [0.05, 0.1) is 18.4 Å². The van der Waals surface area contributed by atoms with Crippen molar-refractivity contribution in [1.29, 1.82) is 0 Å². The van der Waals surface area contributed by atoms with Crippen LogP contribution in [0.25, 0.3) is 11.4 Å². The summed E-state index contributed by atoms with van der Waals surface area (Å²) < 4.78 is 12.2. The summed E-state index contributed by atoms with van der Waals surface area (Å²) in [4.78, 5) is 16.7. The molecule has 2 heterocycles. The molecule has 0 aliphatic carbocycles. The van der Waals surface area contributed by atoms with E-state index in [2.05, 4.69) is 15.2 Å². The highest BCUT2D eigenvalue weighted by molar-refractivity contribution is 5.81. The topological polar surface area (TPSA) is 83.0 Å². The van der Waals surface area contributed by atoms with Gasteiger partial charge in [-0.2, -0.15) is 10.1 Å². The number of ether oxygens (including phenoxy) is 1. The summed E-state index contributed by atoms with van der Waals surface area (Å²) in [6.07, 6.45) is 4.52. The first-order chi connectivity index (χ1) is 10.1. The standard InChI is InChI=1S/C14H20N4O3/c1-5-14(6-2,13(19)20-7-3)12-16-11(17-21-12)10-8-15-18(4)9-10/h8-9H,5-7H2,1-4H3. The second-order valence-corrected chi connectivity index (χ2v) is 4.84. The number of carbonyl (C=O) groups excluding carboxylic acids is 1. The van der Waals surface area contributed by atoms with Crippen LogP contribution in [0.4, 0.5) is 0 Å². The van der Waals surface area contributed by atoms with Crippen molar-refractivity contribution < 1.29 is 14.1 Å². The fraction of sp³-hybridized carbons (Fsp3) is 0.571. The molecule has 0 saturated heterocycles. The fourth-order valence-electron chi connectivity index (χ4n) is 2.27. The molecule has 7 nitrogen and oxygen atoms in total. The van der Waals surface area contributed by atoms with Crippen molar-refractivity contribution in [3.63, 3.8) is 0 Å². The normalized spacial score (nSPS) is 11.6. The molecule has 0 saturated carbocycles. The van der Waals surface area contributed by atoms with Gasteiger partial charge >= 0.3 is 5.97 Å². The summed E-state index contributed by atoms with van der Waals surface area (Å²) in [5.74, 6) is 0.398. The maximum Gasteiger partial charge on any atom is 0.321 e. The van der Waals surface area contributed by atoms with Gasteiger partial charge < -0.3 is 9.26 Å². The number of esters is 1. The molecule has 0 N–H and O–H groups in total. The summed E-state index contributed by atoms with van der Waals surface area (Å²) in [6.45, 7) is 5.93. The number of hydrogen-bond acceptors (Lipinski definition) is 6. The van der Waals surface area contributed by atoms with Gasteiger partial charge in [0.2, 0.25) is 11.7 Å². The largest absolute Gasteiger partial charge is 0.465 e. The average Bonchev–Trinajstić information content (AvgIpc) is 3.10. The third kappa shape index (κ3) is 2.68. The number of carbonyl (C=O) groups is 1. The van der Waals surface area contributed by atoms with Crippen LogP contribution in [0.1, 0.15) is 39.5 Å². The predicted molar refractivity (Wildman–Crippen MR) is 75.4 cm³/mol. The van der Waals surface area contributed by atoms with E-state index in [1.807, 2.05) is 20.9 Å². The number of rotatable bonds is 6. The SMILES string of the molecule is CCOC(=O)C(CC)(CC)c1nc(-c2cnn(C)c2)no1. The van der Waals surface area contributed by atoms with Crippen molar-refractivity contribution in [3.8, 4) is 11.4 Å². The van der Waals surface area contributed by atoms with E-state index in [1.54, 1.807) is 24.0 Å². The van der Waals surface area contributed by atoms with Crippen LogP contribution in [0.2, 0.25) is 0 Å². The van der Waals surface area contributed by atoms with E-state index in [0.29, 0.717) is 31.2 Å². The minimum Gasteiger partial charge on any atom is -0.465 e. The number of nitrogens with zero attached hydrogens (tertiary/aromatic N) is 4. The lowest BCUT2D eigenvalue weighted by Gasteiger charge is -2.24. The second kappa shape index (κ2) is 6.07. The summed E-state index contributed by atoms with van der Waals surface area (Å²) in [5, 5.41) is 8.03. The molecule has 0 amide bonds. The quantitative estimate of drug-likeness (QED) is 0.758. The van der Waals surface area contributed by atoms with Gasteiger partial charge in [0, 0.05) is 13.2 Å². The highest BCUT2D eigenvalue weighted by atomic mass is 16.5. The Morgan fingerprint density at radius 3 is 2.62 bits per heavy atom. The molecule has 0 unspecified atom stereocenters. The monoisotopic (exact) mass is 292 g/mol. The molecule has 0 radical (unpaired) electrons. The zero-order valence-electron chi connectivity index (χ0n) is 12.8. The lowest BCUT2D eigenvalue weighted by molar-refractivity contribution is -0.151. The molecule has 0 aliphatic rings. The van der Waals surface area contributed by atoms with E-state index in [4.69, 9.17) is 9.26 Å². The van der Waals surface area contributed by atoms with Crippen molar-refractivity contribution in [2.24, 2.45) is 7.05 Å². The van der Waals surface area contributed by atoms with Gasteiger partial charge in [0.1, 0.15) is 5.41 Å². The van der Waals surface area contributed by atoms with Crippen molar-refractivity contribution in [2.45, 2.75) is 39.0 Å². The third-order valence-electron chi connectivity index (χ3n) is 3.67. The van der Waals surface area contributed by atoms with Crippen LogP contribution >= 0.6 is 0 Å². The maximum atomic E-state index is 12.3. The molecular formula is C14H20N4O3. The predicted octanol–water partition coefficient (Wildman–Crippen LogP) is 2.09. The Morgan fingerprint density at radius 2 is 2.10 bits per heavy atom. The molecule has 7 heteroatoms. The average molecular weight is 292 g/mol. The van der Waals surface area contributed by atoms with Crippen LogP contribution < -0.4 is 0 Å². The van der Waals surface area contributed by atoms with Crippen LogP contribution in [0, 0.1) is 0 Å². The highest BCUT2D eigenvalue weighted by Crippen LogP contribution is 2.33. The molecule has 0 bridgehead atoms. The molecule has 0 aliphatic heterocycles. The van der Waals surface area contributed by atoms with Crippen molar-refractivity contribution >= 4 is 5.97 Å². The van der Waals surface area contributed by atoms with Gasteiger partial charge in [-0.3, -0.25) is 9.48 Å². The van der Waals surface area contributed by atoms with Gasteiger partial charge in [-0.25, -0.2) is 0 Å². The van der Waals surface area contributed by atoms with E-state index in [9.17, 15) is 4.79 Å². The zero-order valence-corrected chi connectivity index (χ0v) is 12.8. The molecule has 0 atom stereocenters. The van der Waals surface area contributed by atoms with Crippen LogP contribution in [0.5, 0.6) is 0 Å².